The zero-order chi connectivity index (χ0) is 14.8. The van der Waals surface area contributed by atoms with Crippen molar-refractivity contribution in [2.75, 3.05) is 20.8 Å². The number of unbranched alkanes of at least 4 members (excludes halogenated alkanes) is 4. The molecule has 0 atom stereocenters. The van der Waals surface area contributed by atoms with Crippen LogP contribution >= 0.6 is 15.9 Å². The SMILES string of the molecule is CCCCCCCOc1c(Br)cc(CNC)cc1OC. The van der Waals surface area contributed by atoms with Crippen molar-refractivity contribution in [2.24, 2.45) is 0 Å². The van der Waals surface area contributed by atoms with Crippen molar-refractivity contribution in [3.8, 4) is 11.5 Å². The Morgan fingerprint density at radius 3 is 2.55 bits per heavy atom. The quantitative estimate of drug-likeness (QED) is 0.633. The third kappa shape index (κ3) is 5.71. The van der Waals surface area contributed by atoms with Gasteiger partial charge in [-0.3, -0.25) is 0 Å². The molecule has 0 saturated heterocycles. The van der Waals surface area contributed by atoms with E-state index in [0.717, 1.165) is 35.5 Å². The van der Waals surface area contributed by atoms with Crippen LogP contribution in [0, 0.1) is 0 Å². The van der Waals surface area contributed by atoms with E-state index in [0.29, 0.717) is 0 Å². The van der Waals surface area contributed by atoms with Crippen LogP contribution in [0.4, 0.5) is 0 Å². The van der Waals surface area contributed by atoms with Crippen molar-refractivity contribution in [3.05, 3.63) is 22.2 Å². The second-order valence-corrected chi connectivity index (χ2v) is 5.76. The van der Waals surface area contributed by atoms with E-state index < -0.39 is 0 Å². The van der Waals surface area contributed by atoms with E-state index in [4.69, 9.17) is 9.47 Å². The van der Waals surface area contributed by atoms with E-state index in [-0.39, 0.29) is 0 Å². The van der Waals surface area contributed by atoms with Crippen molar-refractivity contribution in [2.45, 2.75) is 45.6 Å². The Bertz CT molecular complexity index is 396. The molecule has 1 aromatic rings. The molecular formula is C16H26BrNO2. The van der Waals surface area contributed by atoms with Crippen molar-refractivity contribution in [3.63, 3.8) is 0 Å². The van der Waals surface area contributed by atoms with Gasteiger partial charge in [-0.05, 0) is 47.1 Å². The minimum absolute atomic E-state index is 0.740. The van der Waals surface area contributed by atoms with Gasteiger partial charge in [0.2, 0.25) is 0 Å². The van der Waals surface area contributed by atoms with Crippen LogP contribution < -0.4 is 14.8 Å². The van der Waals surface area contributed by atoms with Crippen LogP contribution in [0.5, 0.6) is 11.5 Å². The summed E-state index contributed by atoms with van der Waals surface area (Å²) in [4.78, 5) is 0. The standard InChI is InChI=1S/C16H26BrNO2/c1-4-5-6-7-8-9-20-16-14(17)10-13(12-18-2)11-15(16)19-3/h10-11,18H,4-9,12H2,1-3H3. The summed E-state index contributed by atoms with van der Waals surface area (Å²) in [6, 6.07) is 4.10. The maximum Gasteiger partial charge on any atom is 0.175 e. The highest BCUT2D eigenvalue weighted by Crippen LogP contribution is 2.36. The molecule has 1 aromatic carbocycles. The predicted octanol–water partition coefficient (Wildman–Crippen LogP) is 4.53. The predicted molar refractivity (Wildman–Crippen MR) is 87.7 cm³/mol. The molecule has 0 aliphatic rings. The Balaban J connectivity index is 2.55. The molecule has 0 fully saturated rings. The Labute approximate surface area is 131 Å². The lowest BCUT2D eigenvalue weighted by molar-refractivity contribution is 0.283. The number of benzene rings is 1. The van der Waals surface area contributed by atoms with Crippen LogP contribution in [-0.4, -0.2) is 20.8 Å². The maximum absolute atomic E-state index is 5.88. The van der Waals surface area contributed by atoms with Gasteiger partial charge in [0.15, 0.2) is 11.5 Å². The van der Waals surface area contributed by atoms with Gasteiger partial charge in [-0.1, -0.05) is 32.6 Å². The average Bonchev–Trinajstić information content (AvgIpc) is 2.44. The molecule has 4 heteroatoms. The highest BCUT2D eigenvalue weighted by molar-refractivity contribution is 9.10. The molecule has 0 aromatic heterocycles. The second-order valence-electron chi connectivity index (χ2n) is 4.90. The summed E-state index contributed by atoms with van der Waals surface area (Å²) in [6.45, 7) is 3.78. The zero-order valence-electron chi connectivity index (χ0n) is 12.8. The first-order chi connectivity index (χ1) is 9.72. The number of methoxy groups -OCH3 is 1. The van der Waals surface area contributed by atoms with Crippen molar-refractivity contribution < 1.29 is 9.47 Å². The van der Waals surface area contributed by atoms with Gasteiger partial charge in [0.05, 0.1) is 18.2 Å². The summed E-state index contributed by atoms with van der Waals surface area (Å²) < 4.78 is 12.3. The van der Waals surface area contributed by atoms with Crippen LogP contribution in [0.15, 0.2) is 16.6 Å². The highest BCUT2D eigenvalue weighted by atomic mass is 79.9. The Morgan fingerprint density at radius 1 is 1.15 bits per heavy atom. The topological polar surface area (TPSA) is 30.5 Å². The molecule has 1 rings (SSSR count). The molecule has 114 valence electrons. The highest BCUT2D eigenvalue weighted by Gasteiger charge is 2.11. The van der Waals surface area contributed by atoms with Crippen molar-refractivity contribution in [1.29, 1.82) is 0 Å². The van der Waals surface area contributed by atoms with E-state index in [1.54, 1.807) is 7.11 Å². The second kappa shape index (κ2) is 10.1. The van der Waals surface area contributed by atoms with Crippen molar-refractivity contribution >= 4 is 15.9 Å². The minimum Gasteiger partial charge on any atom is -0.493 e. The summed E-state index contributed by atoms with van der Waals surface area (Å²) >= 11 is 3.57. The van der Waals surface area contributed by atoms with E-state index in [1.807, 2.05) is 13.1 Å². The molecule has 0 aliphatic heterocycles. The summed E-state index contributed by atoms with van der Waals surface area (Å²) in [6.07, 6.45) is 6.19. The molecule has 0 heterocycles. The Morgan fingerprint density at radius 2 is 1.90 bits per heavy atom. The first-order valence-corrected chi connectivity index (χ1v) is 8.16. The molecule has 0 spiro atoms. The fourth-order valence-corrected chi connectivity index (χ4v) is 2.70. The summed E-state index contributed by atoms with van der Waals surface area (Å²) in [7, 11) is 3.61. The van der Waals surface area contributed by atoms with Crippen LogP contribution in [0.3, 0.4) is 0 Å². The fourth-order valence-electron chi connectivity index (χ4n) is 2.10. The molecule has 0 amide bonds. The lowest BCUT2D eigenvalue weighted by atomic mass is 10.1. The van der Waals surface area contributed by atoms with E-state index in [9.17, 15) is 0 Å². The molecule has 0 bridgehead atoms. The molecule has 1 N–H and O–H groups in total. The molecule has 0 aliphatic carbocycles. The molecule has 0 radical (unpaired) electrons. The summed E-state index contributed by atoms with van der Waals surface area (Å²) in [5, 5.41) is 3.14. The number of halogens is 1. The third-order valence-electron chi connectivity index (χ3n) is 3.16. The average molecular weight is 344 g/mol. The number of hydrogen-bond donors (Lipinski definition) is 1. The van der Waals surface area contributed by atoms with Gasteiger partial charge in [-0.25, -0.2) is 0 Å². The van der Waals surface area contributed by atoms with Gasteiger partial charge in [0, 0.05) is 6.54 Å². The largest absolute Gasteiger partial charge is 0.493 e. The Hall–Kier alpha value is -0.740. The van der Waals surface area contributed by atoms with Gasteiger partial charge >= 0.3 is 0 Å². The number of hydrogen-bond acceptors (Lipinski definition) is 3. The van der Waals surface area contributed by atoms with Gasteiger partial charge in [0.1, 0.15) is 0 Å². The third-order valence-corrected chi connectivity index (χ3v) is 3.75. The molecule has 20 heavy (non-hydrogen) atoms. The minimum atomic E-state index is 0.740. The van der Waals surface area contributed by atoms with Gasteiger partial charge < -0.3 is 14.8 Å². The van der Waals surface area contributed by atoms with E-state index >= 15 is 0 Å². The van der Waals surface area contributed by atoms with E-state index in [2.05, 4.69) is 34.2 Å². The van der Waals surface area contributed by atoms with E-state index in [1.165, 1.54) is 31.2 Å². The van der Waals surface area contributed by atoms with Crippen LogP contribution in [0.2, 0.25) is 0 Å². The van der Waals surface area contributed by atoms with Crippen LogP contribution in [-0.2, 0) is 6.54 Å². The summed E-state index contributed by atoms with van der Waals surface area (Å²) in [5.41, 5.74) is 1.17. The van der Waals surface area contributed by atoms with Crippen LogP contribution in [0.25, 0.3) is 0 Å². The normalized spacial score (nSPS) is 10.6. The lowest BCUT2D eigenvalue weighted by Gasteiger charge is -2.14. The number of rotatable bonds is 10. The number of ether oxygens (including phenoxy) is 2. The smallest absolute Gasteiger partial charge is 0.175 e. The van der Waals surface area contributed by atoms with Crippen molar-refractivity contribution in [1.82, 2.24) is 5.32 Å². The maximum atomic E-state index is 5.88. The monoisotopic (exact) mass is 343 g/mol. The zero-order valence-corrected chi connectivity index (χ0v) is 14.4. The fraction of sp³-hybridized carbons (Fsp3) is 0.625. The molecular weight excluding hydrogens is 318 g/mol. The van der Waals surface area contributed by atoms with Gasteiger partial charge in [-0.15, -0.1) is 0 Å². The number of nitrogens with one attached hydrogen (secondary N) is 1. The van der Waals surface area contributed by atoms with Gasteiger partial charge in [0.25, 0.3) is 0 Å². The first-order valence-electron chi connectivity index (χ1n) is 7.36. The molecule has 3 nitrogen and oxygen atoms in total. The first kappa shape index (κ1) is 17.3. The summed E-state index contributed by atoms with van der Waals surface area (Å²) in [5.74, 6) is 1.60. The lowest BCUT2D eigenvalue weighted by Crippen LogP contribution is -2.06. The Kier molecular flexibility index (Phi) is 8.70. The molecule has 0 unspecified atom stereocenters. The molecule has 0 saturated carbocycles. The van der Waals surface area contributed by atoms with Gasteiger partial charge in [-0.2, -0.15) is 0 Å². The van der Waals surface area contributed by atoms with Crippen LogP contribution in [0.1, 0.15) is 44.6 Å².